The number of hydrogen-bond acceptors (Lipinski definition) is 2. The van der Waals surface area contributed by atoms with E-state index < -0.39 is 11.9 Å². The number of nitrogens with zero attached hydrogens (tertiary/aromatic N) is 1. The van der Waals surface area contributed by atoms with Crippen LogP contribution in [0.1, 0.15) is 44.4 Å². The number of piperidine rings is 1. The fourth-order valence-corrected chi connectivity index (χ4v) is 3.10. The van der Waals surface area contributed by atoms with Gasteiger partial charge in [-0.3, -0.25) is 4.79 Å². The fourth-order valence-electron chi connectivity index (χ4n) is 3.10. The van der Waals surface area contributed by atoms with Crippen LogP contribution in [0.4, 0.5) is 4.79 Å². The van der Waals surface area contributed by atoms with E-state index in [0.29, 0.717) is 13.0 Å². The fraction of sp³-hybridized carbons (Fsp3) is 0.556. The summed E-state index contributed by atoms with van der Waals surface area (Å²) in [5, 5.41) is 12.2. The Hall–Kier alpha value is -2.04. The van der Waals surface area contributed by atoms with Crippen LogP contribution in [-0.2, 0) is 11.2 Å². The van der Waals surface area contributed by atoms with Gasteiger partial charge in [0.25, 0.3) is 0 Å². The monoisotopic (exact) mass is 318 g/mol. The van der Waals surface area contributed by atoms with Gasteiger partial charge in [0.05, 0.1) is 12.0 Å². The zero-order valence-corrected chi connectivity index (χ0v) is 14.1. The minimum absolute atomic E-state index is 0.103. The average molecular weight is 318 g/mol. The molecular formula is C18H26N2O3. The number of hydrogen-bond donors (Lipinski definition) is 2. The summed E-state index contributed by atoms with van der Waals surface area (Å²) in [6.07, 6.45) is 1.62. The predicted octanol–water partition coefficient (Wildman–Crippen LogP) is 3.06. The van der Waals surface area contributed by atoms with E-state index in [-0.39, 0.29) is 24.5 Å². The molecule has 0 radical (unpaired) electrons. The van der Waals surface area contributed by atoms with E-state index in [2.05, 4.69) is 24.4 Å². The summed E-state index contributed by atoms with van der Waals surface area (Å²) in [7, 11) is 0. The Balaban J connectivity index is 1.98. The van der Waals surface area contributed by atoms with Crippen LogP contribution in [0.15, 0.2) is 24.3 Å². The first-order valence-electron chi connectivity index (χ1n) is 8.27. The zero-order chi connectivity index (χ0) is 17.0. The first-order valence-corrected chi connectivity index (χ1v) is 8.27. The Morgan fingerprint density at radius 1 is 1.30 bits per heavy atom. The highest BCUT2D eigenvalue weighted by Gasteiger charge is 2.32. The molecular weight excluding hydrogens is 292 g/mol. The highest BCUT2D eigenvalue weighted by atomic mass is 16.4. The molecule has 1 aliphatic rings. The summed E-state index contributed by atoms with van der Waals surface area (Å²) in [4.78, 5) is 25.3. The summed E-state index contributed by atoms with van der Waals surface area (Å²) < 4.78 is 0. The molecule has 0 bridgehead atoms. The summed E-state index contributed by atoms with van der Waals surface area (Å²) >= 11 is 0. The quantitative estimate of drug-likeness (QED) is 0.896. The molecule has 1 fully saturated rings. The van der Waals surface area contributed by atoms with Gasteiger partial charge < -0.3 is 15.3 Å². The Kier molecular flexibility index (Phi) is 5.64. The molecule has 1 saturated heterocycles. The van der Waals surface area contributed by atoms with Crippen LogP contribution < -0.4 is 5.32 Å². The van der Waals surface area contributed by atoms with Gasteiger partial charge in [-0.2, -0.15) is 0 Å². The van der Waals surface area contributed by atoms with Crippen molar-refractivity contribution in [3.8, 4) is 0 Å². The molecule has 5 nitrogen and oxygen atoms in total. The van der Waals surface area contributed by atoms with Crippen LogP contribution in [0.5, 0.6) is 0 Å². The number of carbonyl (C=O) groups is 2. The molecule has 2 rings (SSSR count). The number of amides is 2. The maximum Gasteiger partial charge on any atom is 0.317 e. The molecule has 5 heteroatoms. The number of urea groups is 1. The molecule has 0 spiro atoms. The zero-order valence-electron chi connectivity index (χ0n) is 14.1. The van der Waals surface area contributed by atoms with E-state index in [1.165, 1.54) is 5.56 Å². The van der Waals surface area contributed by atoms with Crippen LogP contribution in [0.2, 0.25) is 0 Å². The van der Waals surface area contributed by atoms with Crippen molar-refractivity contribution in [1.29, 1.82) is 0 Å². The van der Waals surface area contributed by atoms with Crippen molar-refractivity contribution < 1.29 is 14.7 Å². The number of aliphatic carboxylic acids is 1. The lowest BCUT2D eigenvalue weighted by atomic mass is 9.91. The smallest absolute Gasteiger partial charge is 0.317 e. The minimum atomic E-state index is -0.822. The Morgan fingerprint density at radius 2 is 1.96 bits per heavy atom. The van der Waals surface area contributed by atoms with Gasteiger partial charge >= 0.3 is 12.0 Å². The van der Waals surface area contributed by atoms with Gasteiger partial charge in [0.1, 0.15) is 0 Å². The maximum absolute atomic E-state index is 12.4. The van der Waals surface area contributed by atoms with Crippen LogP contribution in [-0.4, -0.2) is 35.1 Å². The number of benzene rings is 1. The molecule has 0 aliphatic carbocycles. The number of carboxylic acid groups (broad SMARTS) is 1. The number of carboxylic acids is 1. The van der Waals surface area contributed by atoms with Gasteiger partial charge in [0.2, 0.25) is 0 Å². The molecule has 2 amide bonds. The molecule has 1 heterocycles. The third kappa shape index (κ3) is 4.47. The molecule has 1 aromatic rings. The largest absolute Gasteiger partial charge is 0.481 e. The number of aryl methyl sites for hydroxylation is 1. The van der Waals surface area contributed by atoms with Crippen LogP contribution in [0.3, 0.4) is 0 Å². The van der Waals surface area contributed by atoms with E-state index >= 15 is 0 Å². The second-order valence-corrected chi connectivity index (χ2v) is 6.55. The second kappa shape index (κ2) is 7.49. The molecule has 3 unspecified atom stereocenters. The van der Waals surface area contributed by atoms with Crippen molar-refractivity contribution in [2.75, 3.05) is 13.1 Å². The topological polar surface area (TPSA) is 69.6 Å². The predicted molar refractivity (Wildman–Crippen MR) is 89.2 cm³/mol. The van der Waals surface area contributed by atoms with Crippen molar-refractivity contribution in [2.24, 2.45) is 11.8 Å². The van der Waals surface area contributed by atoms with Gasteiger partial charge in [0, 0.05) is 13.1 Å². The normalized spacial score (nSPS) is 22.5. The molecule has 3 atom stereocenters. The lowest BCUT2D eigenvalue weighted by Gasteiger charge is -2.35. The van der Waals surface area contributed by atoms with Crippen LogP contribution >= 0.6 is 0 Å². The van der Waals surface area contributed by atoms with E-state index in [1.807, 2.05) is 26.0 Å². The molecule has 126 valence electrons. The van der Waals surface area contributed by atoms with Crippen molar-refractivity contribution in [3.63, 3.8) is 0 Å². The Morgan fingerprint density at radius 3 is 2.52 bits per heavy atom. The van der Waals surface area contributed by atoms with Crippen molar-refractivity contribution in [1.82, 2.24) is 10.2 Å². The second-order valence-electron chi connectivity index (χ2n) is 6.55. The highest BCUT2D eigenvalue weighted by molar-refractivity contribution is 5.77. The minimum Gasteiger partial charge on any atom is -0.481 e. The Bertz CT molecular complexity index is 556. The number of nitrogens with one attached hydrogen (secondary N) is 1. The first kappa shape index (κ1) is 17.3. The first-order chi connectivity index (χ1) is 10.9. The van der Waals surface area contributed by atoms with Gasteiger partial charge in [-0.05, 0) is 36.8 Å². The number of rotatable bonds is 4. The Labute approximate surface area is 137 Å². The number of carbonyl (C=O) groups excluding carboxylic acids is 1. The molecule has 2 N–H and O–H groups in total. The van der Waals surface area contributed by atoms with Crippen molar-refractivity contribution in [2.45, 2.75) is 39.7 Å². The van der Waals surface area contributed by atoms with E-state index in [0.717, 1.165) is 12.0 Å². The van der Waals surface area contributed by atoms with E-state index in [4.69, 9.17) is 0 Å². The van der Waals surface area contributed by atoms with Gasteiger partial charge in [-0.15, -0.1) is 0 Å². The van der Waals surface area contributed by atoms with Crippen LogP contribution in [0, 0.1) is 11.8 Å². The standard InChI is InChI=1S/C18H26N2O3/c1-4-14-5-7-15(8-6-14)13(3)19-18(23)20-10-12(2)9-16(11-20)17(21)22/h5-8,12-13,16H,4,9-11H2,1-3H3,(H,19,23)(H,21,22). The molecule has 1 aromatic carbocycles. The third-order valence-electron chi connectivity index (χ3n) is 4.52. The average Bonchev–Trinajstić information content (AvgIpc) is 2.54. The molecule has 23 heavy (non-hydrogen) atoms. The number of likely N-dealkylation sites (tertiary alicyclic amines) is 1. The summed E-state index contributed by atoms with van der Waals surface area (Å²) in [5.41, 5.74) is 2.32. The molecule has 0 saturated carbocycles. The van der Waals surface area contributed by atoms with E-state index in [1.54, 1.807) is 4.90 Å². The molecule has 0 aromatic heterocycles. The summed E-state index contributed by atoms with van der Waals surface area (Å²) in [5.74, 6) is -1.09. The van der Waals surface area contributed by atoms with Gasteiger partial charge in [0.15, 0.2) is 0 Å². The lowest BCUT2D eigenvalue weighted by Crippen LogP contribution is -2.49. The van der Waals surface area contributed by atoms with Gasteiger partial charge in [-0.1, -0.05) is 38.1 Å². The highest BCUT2D eigenvalue weighted by Crippen LogP contribution is 2.22. The molecule has 1 aliphatic heterocycles. The third-order valence-corrected chi connectivity index (χ3v) is 4.52. The van der Waals surface area contributed by atoms with Crippen LogP contribution in [0.25, 0.3) is 0 Å². The summed E-state index contributed by atoms with van der Waals surface area (Å²) in [6, 6.07) is 7.91. The maximum atomic E-state index is 12.4. The van der Waals surface area contributed by atoms with Crippen molar-refractivity contribution >= 4 is 12.0 Å². The van der Waals surface area contributed by atoms with E-state index in [9.17, 15) is 14.7 Å². The summed E-state index contributed by atoms with van der Waals surface area (Å²) in [6.45, 7) is 6.93. The lowest BCUT2D eigenvalue weighted by molar-refractivity contribution is -0.143. The SMILES string of the molecule is CCc1ccc(C(C)NC(=O)N2CC(C)CC(C(=O)O)C2)cc1. The van der Waals surface area contributed by atoms with Crippen molar-refractivity contribution in [3.05, 3.63) is 35.4 Å². The van der Waals surface area contributed by atoms with Gasteiger partial charge in [-0.25, -0.2) is 4.79 Å².